The van der Waals surface area contributed by atoms with Crippen molar-refractivity contribution in [3.05, 3.63) is 138 Å². The fourth-order valence-electron chi connectivity index (χ4n) is 10.9. The van der Waals surface area contributed by atoms with Gasteiger partial charge < -0.3 is 4.90 Å². The molecule has 4 saturated carbocycles. The Labute approximate surface area is 272 Å². The van der Waals surface area contributed by atoms with Crippen LogP contribution in [0.2, 0.25) is 0 Å². The van der Waals surface area contributed by atoms with Gasteiger partial charge in [0.05, 0.1) is 5.69 Å². The minimum atomic E-state index is -0.0541. The standard InChI is InChI=1S/C45H41N/c1-44(2)41-14-8-7-12-38(41)39-20-19-35(25-42(39)44)46(43-24-32-9-3-4-10-36(32)37-11-5-6-13-40(37)43)34-17-15-33(16-18-34)45-26-29-21-30(27-45)23-31(22-29)28-45/h3-20,24-25,29-31H,21-23,26-28H2,1-2H3. The van der Waals surface area contributed by atoms with Crippen LogP contribution in [0.15, 0.2) is 121 Å². The molecule has 0 saturated heterocycles. The Hall–Kier alpha value is -4.36. The Morgan fingerprint density at radius 1 is 0.522 bits per heavy atom. The van der Waals surface area contributed by atoms with Gasteiger partial charge in [0.2, 0.25) is 0 Å². The van der Waals surface area contributed by atoms with Crippen molar-refractivity contribution in [2.75, 3.05) is 4.90 Å². The molecule has 0 N–H and O–H groups in total. The van der Waals surface area contributed by atoms with E-state index in [1.807, 2.05) is 0 Å². The lowest BCUT2D eigenvalue weighted by Gasteiger charge is -2.57. The molecule has 46 heavy (non-hydrogen) atoms. The molecule has 5 aliphatic rings. The second kappa shape index (κ2) is 9.58. The first-order chi connectivity index (χ1) is 22.5. The van der Waals surface area contributed by atoms with Crippen LogP contribution in [-0.4, -0.2) is 0 Å². The number of rotatable bonds is 4. The van der Waals surface area contributed by atoms with Crippen LogP contribution in [0.4, 0.5) is 17.1 Å². The third-order valence-corrected chi connectivity index (χ3v) is 12.6. The first-order valence-corrected chi connectivity index (χ1v) is 17.5. The molecule has 0 heterocycles. The van der Waals surface area contributed by atoms with E-state index in [1.165, 1.54) is 99.4 Å². The number of anilines is 3. The quantitative estimate of drug-likeness (QED) is 0.183. The average molecular weight is 596 g/mol. The second-order valence-corrected chi connectivity index (χ2v) is 15.6. The molecule has 0 spiro atoms. The molecule has 4 bridgehead atoms. The van der Waals surface area contributed by atoms with E-state index in [-0.39, 0.29) is 5.41 Å². The molecule has 4 fully saturated rings. The SMILES string of the molecule is CC1(C)c2ccccc2-c2ccc(N(c3ccc(C45CC6CC(CC(C6)C4)C5)cc3)c3cc4ccccc4c4ccccc34)cc21. The minimum absolute atomic E-state index is 0.0541. The van der Waals surface area contributed by atoms with Gasteiger partial charge in [-0.2, -0.15) is 0 Å². The highest BCUT2D eigenvalue weighted by Gasteiger charge is 2.51. The highest BCUT2D eigenvalue weighted by Crippen LogP contribution is 2.61. The summed E-state index contributed by atoms with van der Waals surface area (Å²) in [5, 5.41) is 5.18. The van der Waals surface area contributed by atoms with E-state index in [4.69, 9.17) is 0 Å². The number of hydrogen-bond donors (Lipinski definition) is 0. The van der Waals surface area contributed by atoms with E-state index in [2.05, 4.69) is 140 Å². The van der Waals surface area contributed by atoms with Crippen molar-refractivity contribution in [2.45, 2.75) is 63.2 Å². The summed E-state index contributed by atoms with van der Waals surface area (Å²) in [5.74, 6) is 2.85. The normalized spacial score (nSPS) is 25.1. The fraction of sp³-hybridized carbons (Fsp3) is 0.289. The molecule has 0 aliphatic heterocycles. The van der Waals surface area contributed by atoms with Gasteiger partial charge in [-0.3, -0.25) is 0 Å². The number of hydrogen-bond acceptors (Lipinski definition) is 1. The fourth-order valence-corrected chi connectivity index (χ4v) is 10.9. The first-order valence-electron chi connectivity index (χ1n) is 17.5. The van der Waals surface area contributed by atoms with Gasteiger partial charge in [-0.15, -0.1) is 0 Å². The van der Waals surface area contributed by atoms with Crippen LogP contribution in [0.1, 0.15) is 69.1 Å². The molecule has 11 rings (SSSR count). The maximum Gasteiger partial charge on any atom is 0.0546 e. The summed E-state index contributed by atoms with van der Waals surface area (Å²) in [4.78, 5) is 2.54. The zero-order valence-corrected chi connectivity index (χ0v) is 27.0. The molecule has 0 amide bonds. The van der Waals surface area contributed by atoms with Crippen LogP contribution < -0.4 is 4.90 Å². The van der Waals surface area contributed by atoms with E-state index in [0.717, 1.165) is 17.8 Å². The smallest absolute Gasteiger partial charge is 0.0546 e. The van der Waals surface area contributed by atoms with E-state index in [1.54, 1.807) is 5.56 Å². The van der Waals surface area contributed by atoms with Gasteiger partial charge in [-0.05, 0) is 136 Å². The average Bonchev–Trinajstić information content (AvgIpc) is 3.30. The summed E-state index contributed by atoms with van der Waals surface area (Å²) in [6, 6.07) is 46.3. The van der Waals surface area contributed by atoms with Crippen LogP contribution in [0.3, 0.4) is 0 Å². The van der Waals surface area contributed by atoms with Crippen molar-refractivity contribution >= 4 is 38.6 Å². The third kappa shape index (κ3) is 3.81. The summed E-state index contributed by atoms with van der Waals surface area (Å²) in [7, 11) is 0. The molecule has 0 atom stereocenters. The molecule has 6 aromatic rings. The van der Waals surface area contributed by atoms with Crippen molar-refractivity contribution < 1.29 is 0 Å². The van der Waals surface area contributed by atoms with Crippen LogP contribution in [0.25, 0.3) is 32.7 Å². The molecular weight excluding hydrogens is 555 g/mol. The molecule has 6 aromatic carbocycles. The van der Waals surface area contributed by atoms with Crippen LogP contribution in [-0.2, 0) is 10.8 Å². The van der Waals surface area contributed by atoms with Crippen molar-refractivity contribution in [1.82, 2.24) is 0 Å². The summed E-state index contributed by atoms with van der Waals surface area (Å²) in [6.07, 6.45) is 8.66. The molecule has 0 radical (unpaired) electrons. The Bertz CT molecular complexity index is 2130. The summed E-state index contributed by atoms with van der Waals surface area (Å²) < 4.78 is 0. The van der Waals surface area contributed by atoms with Gasteiger partial charge in [0.15, 0.2) is 0 Å². The highest BCUT2D eigenvalue weighted by molar-refractivity contribution is 6.14. The number of nitrogens with zero attached hydrogens (tertiary/aromatic N) is 1. The van der Waals surface area contributed by atoms with E-state index in [9.17, 15) is 0 Å². The first kappa shape index (κ1) is 26.8. The zero-order valence-electron chi connectivity index (χ0n) is 27.0. The van der Waals surface area contributed by atoms with Gasteiger partial charge >= 0.3 is 0 Å². The van der Waals surface area contributed by atoms with Crippen LogP contribution >= 0.6 is 0 Å². The Balaban J connectivity index is 1.16. The third-order valence-electron chi connectivity index (χ3n) is 12.6. The maximum atomic E-state index is 2.54. The van der Waals surface area contributed by atoms with Gasteiger partial charge in [0.25, 0.3) is 0 Å². The number of fused-ring (bicyclic) bond motifs is 6. The monoisotopic (exact) mass is 595 g/mol. The predicted molar refractivity (Wildman–Crippen MR) is 194 cm³/mol. The lowest BCUT2D eigenvalue weighted by atomic mass is 9.48. The highest BCUT2D eigenvalue weighted by atomic mass is 15.1. The minimum Gasteiger partial charge on any atom is -0.310 e. The predicted octanol–water partition coefficient (Wildman–Crippen LogP) is 12.2. The Morgan fingerprint density at radius 3 is 1.85 bits per heavy atom. The Morgan fingerprint density at radius 2 is 1.11 bits per heavy atom. The zero-order chi connectivity index (χ0) is 30.6. The molecule has 1 heteroatoms. The van der Waals surface area contributed by atoms with Gasteiger partial charge in [-0.1, -0.05) is 105 Å². The molecular formula is C45H41N. The van der Waals surface area contributed by atoms with Crippen LogP contribution in [0, 0.1) is 17.8 Å². The molecule has 1 nitrogen and oxygen atoms in total. The Kier molecular flexibility index (Phi) is 5.59. The van der Waals surface area contributed by atoms with Crippen molar-refractivity contribution in [2.24, 2.45) is 17.8 Å². The summed E-state index contributed by atoms with van der Waals surface area (Å²) in [6.45, 7) is 4.77. The van der Waals surface area contributed by atoms with E-state index in [0.29, 0.717) is 5.41 Å². The summed E-state index contributed by atoms with van der Waals surface area (Å²) >= 11 is 0. The van der Waals surface area contributed by atoms with Crippen molar-refractivity contribution in [1.29, 1.82) is 0 Å². The van der Waals surface area contributed by atoms with Gasteiger partial charge in [-0.25, -0.2) is 0 Å². The number of benzene rings is 6. The van der Waals surface area contributed by atoms with E-state index < -0.39 is 0 Å². The summed E-state index contributed by atoms with van der Waals surface area (Å²) in [5.41, 5.74) is 11.2. The maximum absolute atomic E-state index is 2.54. The molecule has 0 aromatic heterocycles. The van der Waals surface area contributed by atoms with Gasteiger partial charge in [0, 0.05) is 22.2 Å². The topological polar surface area (TPSA) is 3.24 Å². The van der Waals surface area contributed by atoms with Crippen LogP contribution in [0.5, 0.6) is 0 Å². The lowest BCUT2D eigenvalue weighted by Crippen LogP contribution is -2.48. The van der Waals surface area contributed by atoms with Crippen molar-refractivity contribution in [3.63, 3.8) is 0 Å². The molecule has 0 unspecified atom stereocenters. The largest absolute Gasteiger partial charge is 0.310 e. The van der Waals surface area contributed by atoms with E-state index >= 15 is 0 Å². The second-order valence-electron chi connectivity index (χ2n) is 15.6. The lowest BCUT2D eigenvalue weighted by molar-refractivity contribution is -0.00518. The molecule has 226 valence electrons. The van der Waals surface area contributed by atoms with Gasteiger partial charge in [0.1, 0.15) is 0 Å². The van der Waals surface area contributed by atoms with Crippen molar-refractivity contribution in [3.8, 4) is 11.1 Å². The molecule has 5 aliphatic carbocycles.